The van der Waals surface area contributed by atoms with Gasteiger partial charge in [-0.3, -0.25) is 0 Å². The third kappa shape index (κ3) is 3.50. The Bertz CT molecular complexity index is 108. The summed E-state index contributed by atoms with van der Waals surface area (Å²) >= 11 is 0. The zero-order valence-electron chi connectivity index (χ0n) is 7.08. The van der Waals surface area contributed by atoms with E-state index in [1.807, 2.05) is 0 Å². The van der Waals surface area contributed by atoms with Crippen LogP contribution in [0, 0.1) is 0 Å². The molecule has 3 unspecified atom stereocenters. The Labute approximate surface area is 70.8 Å². The SMILES string of the molecule is CCCOCC1CCC(P)O1. The highest BCUT2D eigenvalue weighted by Gasteiger charge is 2.21. The van der Waals surface area contributed by atoms with E-state index in [-0.39, 0.29) is 0 Å². The average Bonchev–Trinajstić information content (AvgIpc) is 2.37. The van der Waals surface area contributed by atoms with Crippen molar-refractivity contribution in [2.24, 2.45) is 0 Å². The lowest BCUT2D eigenvalue weighted by Gasteiger charge is -2.10. The molecule has 0 spiro atoms. The van der Waals surface area contributed by atoms with Gasteiger partial charge in [-0.05, 0) is 19.3 Å². The fourth-order valence-corrected chi connectivity index (χ4v) is 1.63. The van der Waals surface area contributed by atoms with Crippen molar-refractivity contribution >= 4 is 9.24 Å². The summed E-state index contributed by atoms with van der Waals surface area (Å²) in [6, 6.07) is 0. The molecule has 0 aromatic rings. The molecule has 11 heavy (non-hydrogen) atoms. The highest BCUT2D eigenvalue weighted by Crippen LogP contribution is 2.23. The fraction of sp³-hybridized carbons (Fsp3) is 1.00. The topological polar surface area (TPSA) is 18.5 Å². The second-order valence-electron chi connectivity index (χ2n) is 2.95. The van der Waals surface area contributed by atoms with E-state index in [9.17, 15) is 0 Å². The molecule has 0 aromatic heterocycles. The first-order valence-electron chi connectivity index (χ1n) is 4.31. The van der Waals surface area contributed by atoms with E-state index in [4.69, 9.17) is 9.47 Å². The predicted octanol–water partition coefficient (Wildman–Crippen LogP) is 1.79. The lowest BCUT2D eigenvalue weighted by atomic mass is 10.2. The zero-order valence-corrected chi connectivity index (χ0v) is 8.24. The third-order valence-corrected chi connectivity index (χ3v) is 2.28. The number of ether oxygens (including phenoxy) is 2. The van der Waals surface area contributed by atoms with Gasteiger partial charge in [0.25, 0.3) is 0 Å². The highest BCUT2D eigenvalue weighted by molar-refractivity contribution is 7.17. The average molecular weight is 176 g/mol. The van der Waals surface area contributed by atoms with Crippen LogP contribution < -0.4 is 0 Å². The Balaban J connectivity index is 1.99. The summed E-state index contributed by atoms with van der Waals surface area (Å²) in [5, 5.41) is 0. The summed E-state index contributed by atoms with van der Waals surface area (Å²) in [5.41, 5.74) is 0. The van der Waals surface area contributed by atoms with Crippen LogP contribution in [0.25, 0.3) is 0 Å². The number of hydrogen-bond acceptors (Lipinski definition) is 2. The van der Waals surface area contributed by atoms with Gasteiger partial charge in [0.2, 0.25) is 0 Å². The lowest BCUT2D eigenvalue weighted by Crippen LogP contribution is -2.15. The van der Waals surface area contributed by atoms with Gasteiger partial charge in [-0.2, -0.15) is 0 Å². The zero-order chi connectivity index (χ0) is 8.10. The Morgan fingerprint density at radius 2 is 2.36 bits per heavy atom. The normalized spacial score (nSPS) is 31.1. The molecule has 3 atom stereocenters. The maximum Gasteiger partial charge on any atom is 0.0817 e. The molecule has 0 amide bonds. The molecule has 3 heteroatoms. The van der Waals surface area contributed by atoms with Crippen LogP contribution in [0.4, 0.5) is 0 Å². The van der Waals surface area contributed by atoms with Gasteiger partial charge < -0.3 is 9.47 Å². The molecule has 0 saturated carbocycles. The fourth-order valence-electron chi connectivity index (χ4n) is 1.22. The third-order valence-electron chi connectivity index (χ3n) is 1.79. The summed E-state index contributed by atoms with van der Waals surface area (Å²) in [5.74, 6) is 0.366. The van der Waals surface area contributed by atoms with Crippen molar-refractivity contribution in [1.29, 1.82) is 0 Å². The summed E-state index contributed by atoms with van der Waals surface area (Å²) in [4.78, 5) is 0. The first-order valence-corrected chi connectivity index (χ1v) is 4.98. The smallest absolute Gasteiger partial charge is 0.0817 e. The molecule has 1 saturated heterocycles. The van der Waals surface area contributed by atoms with E-state index < -0.39 is 0 Å². The minimum atomic E-state index is 0.351. The quantitative estimate of drug-likeness (QED) is 0.480. The van der Waals surface area contributed by atoms with Crippen molar-refractivity contribution in [3.63, 3.8) is 0 Å². The van der Waals surface area contributed by atoms with Crippen molar-refractivity contribution < 1.29 is 9.47 Å². The van der Waals surface area contributed by atoms with Crippen LogP contribution in [-0.2, 0) is 9.47 Å². The minimum absolute atomic E-state index is 0.351. The van der Waals surface area contributed by atoms with Crippen LogP contribution in [0.1, 0.15) is 26.2 Å². The highest BCUT2D eigenvalue weighted by atomic mass is 31.0. The van der Waals surface area contributed by atoms with Crippen LogP contribution in [0.3, 0.4) is 0 Å². The molecule has 1 aliphatic heterocycles. The Hall–Kier alpha value is 0.350. The summed E-state index contributed by atoms with van der Waals surface area (Å²) < 4.78 is 10.9. The second kappa shape index (κ2) is 5.08. The summed E-state index contributed by atoms with van der Waals surface area (Å²) in [7, 11) is 2.70. The molecule has 0 aliphatic carbocycles. The molecule has 2 nitrogen and oxygen atoms in total. The molecule has 0 aromatic carbocycles. The first-order chi connectivity index (χ1) is 5.33. The van der Waals surface area contributed by atoms with E-state index in [0.717, 1.165) is 32.5 Å². The second-order valence-corrected chi connectivity index (χ2v) is 3.69. The molecule has 66 valence electrons. The van der Waals surface area contributed by atoms with Crippen LogP contribution in [0.15, 0.2) is 0 Å². The van der Waals surface area contributed by atoms with E-state index >= 15 is 0 Å². The van der Waals surface area contributed by atoms with Gasteiger partial charge in [0.15, 0.2) is 0 Å². The van der Waals surface area contributed by atoms with E-state index in [1.165, 1.54) is 0 Å². The Morgan fingerprint density at radius 1 is 1.55 bits per heavy atom. The molecule has 0 radical (unpaired) electrons. The van der Waals surface area contributed by atoms with E-state index in [2.05, 4.69) is 16.2 Å². The molecule has 0 N–H and O–H groups in total. The van der Waals surface area contributed by atoms with E-state index in [0.29, 0.717) is 11.9 Å². The van der Waals surface area contributed by atoms with Crippen molar-refractivity contribution in [3.8, 4) is 0 Å². The standard InChI is InChI=1S/C8H17O2P/c1-2-5-9-6-7-3-4-8(11)10-7/h7-8H,2-6,11H2,1H3. The molecule has 1 fully saturated rings. The van der Waals surface area contributed by atoms with Gasteiger partial charge in [0, 0.05) is 6.61 Å². The number of rotatable bonds is 4. The van der Waals surface area contributed by atoms with Crippen LogP contribution >= 0.6 is 9.24 Å². The maximum absolute atomic E-state index is 5.55. The summed E-state index contributed by atoms with van der Waals surface area (Å²) in [6.07, 6.45) is 3.75. The number of hydrogen-bond donors (Lipinski definition) is 0. The van der Waals surface area contributed by atoms with Gasteiger partial charge >= 0.3 is 0 Å². The minimum Gasteiger partial charge on any atom is -0.379 e. The van der Waals surface area contributed by atoms with Gasteiger partial charge in [-0.15, -0.1) is 9.24 Å². The Kier molecular flexibility index (Phi) is 4.36. The molecular weight excluding hydrogens is 159 g/mol. The molecular formula is C8H17O2P. The monoisotopic (exact) mass is 176 g/mol. The maximum atomic E-state index is 5.55. The lowest BCUT2D eigenvalue weighted by molar-refractivity contribution is 0.00886. The van der Waals surface area contributed by atoms with Gasteiger partial charge in [0.05, 0.1) is 18.6 Å². The Morgan fingerprint density at radius 3 is 2.91 bits per heavy atom. The molecule has 0 bridgehead atoms. The molecule has 1 rings (SSSR count). The van der Waals surface area contributed by atoms with Crippen LogP contribution in [0.5, 0.6) is 0 Å². The van der Waals surface area contributed by atoms with Crippen molar-refractivity contribution in [2.75, 3.05) is 13.2 Å². The van der Waals surface area contributed by atoms with Gasteiger partial charge in [0.1, 0.15) is 0 Å². The van der Waals surface area contributed by atoms with Crippen LogP contribution in [0.2, 0.25) is 0 Å². The predicted molar refractivity (Wildman–Crippen MR) is 48.7 cm³/mol. The largest absolute Gasteiger partial charge is 0.379 e. The molecule has 1 aliphatic rings. The molecule has 1 heterocycles. The van der Waals surface area contributed by atoms with Crippen LogP contribution in [-0.4, -0.2) is 25.2 Å². The van der Waals surface area contributed by atoms with Gasteiger partial charge in [-0.25, -0.2) is 0 Å². The van der Waals surface area contributed by atoms with Gasteiger partial charge in [-0.1, -0.05) is 6.92 Å². The van der Waals surface area contributed by atoms with Crippen molar-refractivity contribution in [1.82, 2.24) is 0 Å². The van der Waals surface area contributed by atoms with E-state index in [1.54, 1.807) is 0 Å². The first kappa shape index (κ1) is 9.44. The van der Waals surface area contributed by atoms with Crippen molar-refractivity contribution in [2.45, 2.75) is 38.1 Å². The van der Waals surface area contributed by atoms with Crippen molar-refractivity contribution in [3.05, 3.63) is 0 Å². The summed E-state index contributed by atoms with van der Waals surface area (Å²) in [6.45, 7) is 3.76.